The standard InChI is InChI=1S/C15H21BN3O3S/c1-14(2,21)15(3,4)22-16-9-6-7-10-11(8-9)23-13(18-10)19-12(20)17-5/h6-8,21H,1-5H3,(H2,17,18,19,20). The molecule has 1 radical (unpaired) electrons. The highest BCUT2D eigenvalue weighted by atomic mass is 32.1. The maximum Gasteiger partial charge on any atom is 0.330 e. The molecular weight excluding hydrogens is 313 g/mol. The molecule has 0 bridgehead atoms. The Hall–Kier alpha value is -1.64. The van der Waals surface area contributed by atoms with Gasteiger partial charge >= 0.3 is 13.5 Å². The minimum absolute atomic E-state index is 0.300. The predicted octanol–water partition coefficient (Wildman–Crippen LogP) is 1.86. The molecule has 2 aromatic rings. The number of aromatic nitrogens is 1. The summed E-state index contributed by atoms with van der Waals surface area (Å²) in [6, 6.07) is 5.38. The van der Waals surface area contributed by atoms with Crippen LogP contribution in [0.2, 0.25) is 0 Å². The summed E-state index contributed by atoms with van der Waals surface area (Å²) in [5.41, 5.74) is -0.0187. The second-order valence-electron chi connectivity index (χ2n) is 6.26. The first kappa shape index (κ1) is 17.7. The van der Waals surface area contributed by atoms with Gasteiger partial charge < -0.3 is 15.1 Å². The number of urea groups is 1. The molecule has 0 spiro atoms. The molecule has 2 amide bonds. The maximum atomic E-state index is 11.3. The molecule has 0 aliphatic rings. The maximum absolute atomic E-state index is 11.3. The second-order valence-corrected chi connectivity index (χ2v) is 7.29. The van der Waals surface area contributed by atoms with Crippen LogP contribution in [0.3, 0.4) is 0 Å². The molecule has 2 rings (SSSR count). The van der Waals surface area contributed by atoms with Crippen LogP contribution in [0.1, 0.15) is 27.7 Å². The van der Waals surface area contributed by atoms with Crippen LogP contribution in [-0.2, 0) is 4.65 Å². The Morgan fingerprint density at radius 1 is 1.35 bits per heavy atom. The van der Waals surface area contributed by atoms with Gasteiger partial charge in [-0.1, -0.05) is 22.9 Å². The van der Waals surface area contributed by atoms with E-state index < -0.39 is 11.2 Å². The fraction of sp³-hybridized carbons (Fsp3) is 0.467. The van der Waals surface area contributed by atoms with Gasteiger partial charge in [-0.25, -0.2) is 9.78 Å². The van der Waals surface area contributed by atoms with Crippen LogP contribution >= 0.6 is 11.3 Å². The molecule has 0 atom stereocenters. The van der Waals surface area contributed by atoms with Gasteiger partial charge in [0.25, 0.3) is 0 Å². The van der Waals surface area contributed by atoms with Crippen LogP contribution in [-0.4, -0.2) is 41.9 Å². The van der Waals surface area contributed by atoms with Crippen molar-refractivity contribution >= 4 is 45.7 Å². The summed E-state index contributed by atoms with van der Waals surface area (Å²) < 4.78 is 6.69. The van der Waals surface area contributed by atoms with Crippen molar-refractivity contribution in [2.45, 2.75) is 38.9 Å². The molecule has 1 aromatic heterocycles. The smallest absolute Gasteiger partial charge is 0.330 e. The van der Waals surface area contributed by atoms with E-state index in [-0.39, 0.29) is 6.03 Å². The molecule has 3 N–H and O–H groups in total. The minimum Gasteiger partial charge on any atom is -0.427 e. The third-order valence-electron chi connectivity index (χ3n) is 3.82. The van der Waals surface area contributed by atoms with Gasteiger partial charge in [0.2, 0.25) is 0 Å². The Labute approximate surface area is 140 Å². The average Bonchev–Trinajstić information content (AvgIpc) is 2.85. The van der Waals surface area contributed by atoms with E-state index in [1.807, 2.05) is 32.0 Å². The molecule has 8 heteroatoms. The molecule has 0 unspecified atom stereocenters. The summed E-state index contributed by atoms with van der Waals surface area (Å²) >= 11 is 1.39. The summed E-state index contributed by atoms with van der Waals surface area (Å²) in [5, 5.41) is 15.8. The van der Waals surface area contributed by atoms with Crippen molar-refractivity contribution in [1.29, 1.82) is 0 Å². The molecule has 23 heavy (non-hydrogen) atoms. The number of thiazole rings is 1. The lowest BCUT2D eigenvalue weighted by Crippen LogP contribution is -2.49. The molecule has 0 aliphatic carbocycles. The first-order chi connectivity index (χ1) is 10.6. The third kappa shape index (κ3) is 4.22. The van der Waals surface area contributed by atoms with E-state index in [2.05, 4.69) is 15.6 Å². The van der Waals surface area contributed by atoms with Crippen LogP contribution in [0.25, 0.3) is 10.2 Å². The molecular formula is C15H21BN3O3S. The van der Waals surface area contributed by atoms with Gasteiger partial charge in [-0.05, 0) is 39.8 Å². The number of carbonyl (C=O) groups is 1. The zero-order valence-electron chi connectivity index (χ0n) is 13.9. The number of hydrogen-bond acceptors (Lipinski definition) is 5. The molecule has 123 valence electrons. The third-order valence-corrected chi connectivity index (χ3v) is 4.76. The molecule has 0 fully saturated rings. The van der Waals surface area contributed by atoms with E-state index in [1.165, 1.54) is 11.3 Å². The van der Waals surface area contributed by atoms with Gasteiger partial charge in [-0.15, -0.1) is 0 Å². The number of aliphatic hydroxyl groups is 1. The number of anilines is 1. The Bertz CT molecular complexity index is 710. The van der Waals surface area contributed by atoms with Crippen molar-refractivity contribution in [2.24, 2.45) is 0 Å². The van der Waals surface area contributed by atoms with E-state index in [4.69, 9.17) is 4.65 Å². The molecule has 0 aliphatic heterocycles. The van der Waals surface area contributed by atoms with Crippen molar-refractivity contribution in [3.63, 3.8) is 0 Å². The van der Waals surface area contributed by atoms with Crippen LogP contribution in [0, 0.1) is 0 Å². The average molecular weight is 334 g/mol. The Morgan fingerprint density at radius 2 is 2.04 bits per heavy atom. The Morgan fingerprint density at radius 3 is 2.65 bits per heavy atom. The van der Waals surface area contributed by atoms with Crippen LogP contribution in [0.4, 0.5) is 9.93 Å². The summed E-state index contributed by atoms with van der Waals surface area (Å²) in [5.74, 6) is 0. The summed E-state index contributed by atoms with van der Waals surface area (Å²) in [6.45, 7) is 7.09. The van der Waals surface area contributed by atoms with E-state index >= 15 is 0 Å². The van der Waals surface area contributed by atoms with Crippen molar-refractivity contribution in [3.05, 3.63) is 18.2 Å². The lowest BCUT2D eigenvalue weighted by Gasteiger charge is -2.37. The summed E-state index contributed by atoms with van der Waals surface area (Å²) in [6.07, 6.45) is 0. The normalized spacial score (nSPS) is 12.3. The molecule has 6 nitrogen and oxygen atoms in total. The van der Waals surface area contributed by atoms with E-state index in [0.717, 1.165) is 15.7 Å². The number of nitrogens with zero attached hydrogens (tertiary/aromatic N) is 1. The lowest BCUT2D eigenvalue weighted by molar-refractivity contribution is -0.0893. The van der Waals surface area contributed by atoms with Gasteiger partial charge in [0.15, 0.2) is 5.13 Å². The van der Waals surface area contributed by atoms with Crippen LogP contribution < -0.4 is 16.1 Å². The molecule has 0 saturated carbocycles. The van der Waals surface area contributed by atoms with Crippen molar-refractivity contribution in [2.75, 3.05) is 12.4 Å². The minimum atomic E-state index is -0.970. The predicted molar refractivity (Wildman–Crippen MR) is 94.5 cm³/mol. The van der Waals surface area contributed by atoms with Crippen LogP contribution in [0.5, 0.6) is 0 Å². The van der Waals surface area contributed by atoms with Gasteiger partial charge in [-0.3, -0.25) is 5.32 Å². The summed E-state index contributed by atoms with van der Waals surface area (Å²) in [4.78, 5) is 15.7. The number of rotatable bonds is 5. The first-order valence-corrected chi connectivity index (χ1v) is 8.07. The highest BCUT2D eigenvalue weighted by molar-refractivity contribution is 7.22. The zero-order valence-corrected chi connectivity index (χ0v) is 14.7. The largest absolute Gasteiger partial charge is 0.427 e. The van der Waals surface area contributed by atoms with Gasteiger partial charge in [0, 0.05) is 7.05 Å². The topological polar surface area (TPSA) is 83.5 Å². The fourth-order valence-electron chi connectivity index (χ4n) is 1.59. The highest BCUT2D eigenvalue weighted by Gasteiger charge is 2.35. The number of fused-ring (bicyclic) bond motifs is 1. The molecule has 0 saturated heterocycles. The van der Waals surface area contributed by atoms with Gasteiger partial charge in [-0.2, -0.15) is 0 Å². The van der Waals surface area contributed by atoms with Gasteiger partial charge in [0.05, 0.1) is 21.4 Å². The molecule has 1 heterocycles. The van der Waals surface area contributed by atoms with E-state index in [0.29, 0.717) is 5.13 Å². The van der Waals surface area contributed by atoms with Crippen molar-refractivity contribution in [3.8, 4) is 0 Å². The quantitative estimate of drug-likeness (QED) is 0.729. The number of hydrogen-bond donors (Lipinski definition) is 3. The van der Waals surface area contributed by atoms with E-state index in [1.54, 1.807) is 28.4 Å². The zero-order chi connectivity index (χ0) is 17.3. The van der Waals surface area contributed by atoms with Gasteiger partial charge in [0.1, 0.15) is 0 Å². The number of carbonyl (C=O) groups excluding carboxylic acids is 1. The fourth-order valence-corrected chi connectivity index (χ4v) is 2.50. The van der Waals surface area contributed by atoms with Crippen molar-refractivity contribution in [1.82, 2.24) is 10.3 Å². The van der Waals surface area contributed by atoms with Crippen LogP contribution in [0.15, 0.2) is 18.2 Å². The SMILES string of the molecule is CNC(=O)Nc1nc2ccc([B]OC(C)(C)C(C)(C)O)cc2s1. The molecule has 1 aromatic carbocycles. The number of amides is 2. The second kappa shape index (κ2) is 6.47. The Kier molecular flexibility index (Phi) is 4.98. The van der Waals surface area contributed by atoms with E-state index in [9.17, 15) is 9.90 Å². The monoisotopic (exact) mass is 334 g/mol. The first-order valence-electron chi connectivity index (χ1n) is 7.25. The number of benzene rings is 1. The highest BCUT2D eigenvalue weighted by Crippen LogP contribution is 2.26. The Balaban J connectivity index is 2.13. The number of nitrogens with one attached hydrogen (secondary N) is 2. The van der Waals surface area contributed by atoms with Crippen molar-refractivity contribution < 1.29 is 14.6 Å². The summed E-state index contributed by atoms with van der Waals surface area (Å²) in [7, 11) is 3.18. The lowest BCUT2D eigenvalue weighted by atomic mass is 9.82.